The highest BCUT2D eigenvalue weighted by Crippen LogP contribution is 2.55. The molecular weight excluding hydrogens is 977 g/mol. The maximum absolute atomic E-state index is 2.48. The Morgan fingerprint density at radius 1 is 0.284 bits per heavy atom. The van der Waals surface area contributed by atoms with Gasteiger partial charge in [-0.05, 0) is 225 Å². The second-order valence-corrected chi connectivity index (χ2v) is 24.4. The molecule has 0 fully saturated rings. The van der Waals surface area contributed by atoms with Gasteiger partial charge < -0.3 is 9.80 Å². The van der Waals surface area contributed by atoms with E-state index in [9.17, 15) is 0 Å². The van der Waals surface area contributed by atoms with Gasteiger partial charge in [-0.3, -0.25) is 0 Å². The number of hydrogen-bond acceptors (Lipinski definition) is 2. The van der Waals surface area contributed by atoms with Crippen molar-refractivity contribution in [3.63, 3.8) is 0 Å². The molecule has 0 unspecified atom stereocenters. The molecule has 81 heavy (non-hydrogen) atoms. The van der Waals surface area contributed by atoms with E-state index in [4.69, 9.17) is 0 Å². The van der Waals surface area contributed by atoms with Crippen LogP contribution in [0.5, 0.6) is 0 Å². The summed E-state index contributed by atoms with van der Waals surface area (Å²) in [5, 5.41) is 0. The second-order valence-electron chi connectivity index (χ2n) is 24.4. The fourth-order valence-electron chi connectivity index (χ4n) is 14.1. The van der Waals surface area contributed by atoms with Gasteiger partial charge in [0.15, 0.2) is 0 Å². The Morgan fingerprint density at radius 3 is 0.815 bits per heavy atom. The largest absolute Gasteiger partial charge is 0.310 e. The average Bonchev–Trinajstić information content (AvgIpc) is 3.37. The second kappa shape index (κ2) is 19.8. The van der Waals surface area contributed by atoms with Crippen molar-refractivity contribution in [1.82, 2.24) is 0 Å². The van der Waals surface area contributed by atoms with Crippen molar-refractivity contribution in [1.29, 1.82) is 0 Å². The first-order valence-electron chi connectivity index (χ1n) is 29.2. The first kappa shape index (κ1) is 51.7. The van der Waals surface area contributed by atoms with Crippen LogP contribution in [0.1, 0.15) is 132 Å². The Hall–Kier alpha value is -8.72. The highest BCUT2D eigenvalue weighted by atomic mass is 15.1. The van der Waals surface area contributed by atoms with Crippen LogP contribution in [0.2, 0.25) is 0 Å². The minimum atomic E-state index is -0.172. The minimum Gasteiger partial charge on any atom is -0.310 e. The molecule has 0 N–H and O–H groups in total. The van der Waals surface area contributed by atoms with E-state index in [1.807, 2.05) is 0 Å². The highest BCUT2D eigenvalue weighted by molar-refractivity contribution is 5.90. The lowest BCUT2D eigenvalue weighted by Crippen LogP contribution is -2.23. The summed E-state index contributed by atoms with van der Waals surface area (Å²) in [5.41, 5.74) is 32.9. The number of rotatable bonds is 12. The molecule has 2 heteroatoms. The molecule has 0 amide bonds. The number of benzene rings is 10. The van der Waals surface area contributed by atoms with Crippen LogP contribution in [-0.2, 0) is 16.2 Å². The topological polar surface area (TPSA) is 6.48 Å². The zero-order valence-corrected chi connectivity index (χ0v) is 48.7. The van der Waals surface area contributed by atoms with Crippen LogP contribution in [0.4, 0.5) is 34.1 Å². The van der Waals surface area contributed by atoms with Crippen LogP contribution in [0.3, 0.4) is 0 Å². The zero-order valence-electron chi connectivity index (χ0n) is 48.7. The number of fused-ring (bicyclic) bond motifs is 9. The highest BCUT2D eigenvalue weighted by Gasteiger charge is 2.41. The van der Waals surface area contributed by atoms with Crippen LogP contribution >= 0.6 is 0 Å². The predicted molar refractivity (Wildman–Crippen MR) is 347 cm³/mol. The molecular formula is C79H72N2. The Balaban J connectivity index is 0.751. The molecule has 0 aliphatic heterocycles. The summed E-state index contributed by atoms with van der Waals surface area (Å²) < 4.78 is 0. The van der Waals surface area contributed by atoms with Gasteiger partial charge >= 0.3 is 0 Å². The molecule has 0 bridgehead atoms. The zero-order chi connectivity index (χ0) is 56.0. The molecule has 0 aromatic heterocycles. The lowest BCUT2D eigenvalue weighted by Gasteiger charge is -2.30. The molecule has 2 nitrogen and oxygen atoms in total. The van der Waals surface area contributed by atoms with Crippen LogP contribution in [0.15, 0.2) is 206 Å². The van der Waals surface area contributed by atoms with Gasteiger partial charge in [0.1, 0.15) is 0 Å². The summed E-state index contributed by atoms with van der Waals surface area (Å²) in [4.78, 5) is 4.81. The normalized spacial score (nSPS) is 14.6. The van der Waals surface area contributed by atoms with Crippen LogP contribution in [0.25, 0.3) is 57.7 Å². The molecule has 398 valence electrons. The Labute approximate surface area is 481 Å². The van der Waals surface area contributed by atoms with Gasteiger partial charge in [-0.1, -0.05) is 199 Å². The molecule has 3 aliphatic rings. The third-order valence-corrected chi connectivity index (χ3v) is 18.5. The summed E-state index contributed by atoms with van der Waals surface area (Å²) >= 11 is 0. The third kappa shape index (κ3) is 8.79. The van der Waals surface area contributed by atoms with Crippen molar-refractivity contribution < 1.29 is 0 Å². The van der Waals surface area contributed by atoms with Gasteiger partial charge in [0, 0.05) is 50.4 Å². The summed E-state index contributed by atoms with van der Waals surface area (Å²) in [5.74, 6) is 0. The smallest absolute Gasteiger partial charge is 0.0465 e. The van der Waals surface area contributed by atoms with Crippen LogP contribution < -0.4 is 9.80 Å². The maximum Gasteiger partial charge on any atom is 0.0465 e. The molecule has 0 atom stereocenters. The molecule has 10 aromatic rings. The molecule has 0 spiro atoms. The van der Waals surface area contributed by atoms with E-state index >= 15 is 0 Å². The predicted octanol–water partition coefficient (Wildman–Crippen LogP) is 21.9. The Bertz CT molecular complexity index is 3850. The van der Waals surface area contributed by atoms with Crippen molar-refractivity contribution in [3.05, 3.63) is 284 Å². The van der Waals surface area contributed by atoms with Crippen molar-refractivity contribution in [3.8, 4) is 33.4 Å². The lowest BCUT2D eigenvalue weighted by atomic mass is 9.73. The standard InChI is InChI=1S/C79H72N2/c1-11-79(12-2)75-47-57(27-25-55-29-35-65-67-39-33-63(49-73(67)77(7,8)71(65)45-55)80(59-21-13-17-51(3)41-59)60-22-14-18-52(4)42-60)31-37-69(75)70-38-32-58(48-76(70)79)28-26-56-30-36-66-68-40-34-64(50-74(68)78(9,10)72(66)46-56)81(61-23-15-19-53(5)43-61)62-24-16-20-54(6)44-62/h13-50H,11-12H2,1-10H3/b27-25+,28-26+. The van der Waals surface area contributed by atoms with E-state index in [0.717, 1.165) is 12.8 Å². The Kier molecular flexibility index (Phi) is 12.7. The average molecular weight is 1050 g/mol. The first-order chi connectivity index (χ1) is 39.1. The van der Waals surface area contributed by atoms with Crippen LogP contribution in [-0.4, -0.2) is 0 Å². The maximum atomic E-state index is 2.48. The van der Waals surface area contributed by atoms with Gasteiger partial charge in [-0.25, -0.2) is 0 Å². The number of nitrogens with zero attached hydrogens (tertiary/aromatic N) is 2. The first-order valence-corrected chi connectivity index (χ1v) is 29.2. The van der Waals surface area contributed by atoms with E-state index in [1.54, 1.807) is 0 Å². The van der Waals surface area contributed by atoms with Gasteiger partial charge in [0.2, 0.25) is 0 Å². The molecule has 10 aromatic carbocycles. The molecule has 0 saturated carbocycles. The molecule has 3 aliphatic carbocycles. The SMILES string of the molecule is CCC1(CC)c2cc(/C=C/c3ccc4c(c3)C(C)(C)c3cc(N(c5cccc(C)c5)c5cccc(C)c5)ccc3-4)ccc2-c2ccc(/C=C/c3ccc4c(c3)C(C)(C)c3cc(N(c5cccc(C)c5)c5cccc(C)c5)ccc3-4)cc21. The molecule has 0 heterocycles. The molecule has 0 saturated heterocycles. The number of anilines is 6. The Morgan fingerprint density at radius 2 is 0.531 bits per heavy atom. The van der Waals surface area contributed by atoms with E-state index in [0.29, 0.717) is 0 Å². The van der Waals surface area contributed by atoms with Crippen molar-refractivity contribution in [2.75, 3.05) is 9.80 Å². The van der Waals surface area contributed by atoms with Gasteiger partial charge in [-0.15, -0.1) is 0 Å². The van der Waals surface area contributed by atoms with E-state index in [-0.39, 0.29) is 16.2 Å². The van der Waals surface area contributed by atoms with Gasteiger partial charge in [0.25, 0.3) is 0 Å². The summed E-state index contributed by atoms with van der Waals surface area (Å²) in [7, 11) is 0. The van der Waals surface area contributed by atoms with E-state index in [2.05, 4.69) is 310 Å². The van der Waals surface area contributed by atoms with Crippen molar-refractivity contribution >= 4 is 58.4 Å². The van der Waals surface area contributed by atoms with Crippen molar-refractivity contribution in [2.24, 2.45) is 0 Å². The van der Waals surface area contributed by atoms with E-state index < -0.39 is 0 Å². The summed E-state index contributed by atoms with van der Waals surface area (Å²) in [6, 6.07) is 78.0. The fourth-order valence-corrected chi connectivity index (χ4v) is 14.1. The molecule has 13 rings (SSSR count). The quantitative estimate of drug-likeness (QED) is 0.113. The van der Waals surface area contributed by atoms with Crippen LogP contribution in [0, 0.1) is 27.7 Å². The van der Waals surface area contributed by atoms with Gasteiger partial charge in [0.05, 0.1) is 0 Å². The minimum absolute atomic E-state index is 0.0642. The van der Waals surface area contributed by atoms with Gasteiger partial charge in [-0.2, -0.15) is 0 Å². The number of aryl methyl sites for hydroxylation is 4. The fraction of sp³-hybridized carbons (Fsp3) is 0.190. The summed E-state index contributed by atoms with van der Waals surface area (Å²) in [6.07, 6.45) is 11.4. The summed E-state index contributed by atoms with van der Waals surface area (Å²) in [6.45, 7) is 23.0. The molecule has 0 radical (unpaired) electrons. The van der Waals surface area contributed by atoms with Crippen molar-refractivity contribution in [2.45, 2.75) is 98.3 Å². The monoisotopic (exact) mass is 1050 g/mol. The third-order valence-electron chi connectivity index (χ3n) is 18.5. The lowest BCUT2D eigenvalue weighted by molar-refractivity contribution is 0.490. The van der Waals surface area contributed by atoms with E-state index in [1.165, 1.54) is 145 Å². The number of hydrogen-bond donors (Lipinski definition) is 0.